The van der Waals surface area contributed by atoms with Crippen LogP contribution in [0.5, 0.6) is 0 Å². The van der Waals surface area contributed by atoms with E-state index in [-0.39, 0.29) is 75.3 Å². The molecule has 3 unspecified atom stereocenters. The number of morpholine rings is 1. The average Bonchev–Trinajstić information content (AvgIpc) is 1.75. The van der Waals surface area contributed by atoms with Gasteiger partial charge in [-0.25, -0.2) is 4.98 Å². The maximum Gasteiger partial charge on any atom is 0.399 e. The Bertz CT molecular complexity index is 3350. The van der Waals surface area contributed by atoms with Gasteiger partial charge in [-0.2, -0.15) is 8.78 Å². The standard InChI is InChI=1S/C60H75F2N8O13PS2/c1-34(36-16-18-38(19-17-36)50-35(2)64-33-85-50)65-53(74)43-27-41(71)29-69(43)56(77)51(58(3,4)5)66-48(72)15-12-22-63-49(73)32-83-42-28-44(55(76)68-23-24-82-45(31-68)37-13-10-9-11-14-37)70(30-42)57(78)52(59(6,7)8)67-54(75)47-26-39-25-40(20-21-46(39)86-47)60(61,62)84(79,80)81/h9-11,13-14,16-21,25-26,33-34,41-45,51-52,71H,12,15,22-24,27-32H2,1-8H3,(H,63,73)(H,65,74)(H,66,72)(H,67,75)(H2,79,80,81)/t34?,41-,42+,43+,44+,45+,51?,52?/m1/s1. The van der Waals surface area contributed by atoms with Crippen molar-refractivity contribution in [2.75, 3.05) is 45.9 Å². The Morgan fingerprint density at radius 3 is 2.13 bits per heavy atom. The van der Waals surface area contributed by atoms with E-state index in [0.717, 1.165) is 50.7 Å². The van der Waals surface area contributed by atoms with Crippen LogP contribution in [0.1, 0.15) is 118 Å². The molecule has 86 heavy (non-hydrogen) atoms. The number of likely N-dealkylation sites (tertiary alicyclic amines) is 2. The minimum atomic E-state index is -5.88. The van der Waals surface area contributed by atoms with Crippen molar-refractivity contribution in [3.8, 4) is 10.4 Å². The summed E-state index contributed by atoms with van der Waals surface area (Å²) >= 11 is 2.46. The average molecular weight is 1250 g/mol. The van der Waals surface area contributed by atoms with Crippen molar-refractivity contribution in [3.63, 3.8) is 0 Å². The fourth-order valence-electron chi connectivity index (χ4n) is 10.8. The van der Waals surface area contributed by atoms with Gasteiger partial charge in [-0.1, -0.05) is 102 Å². The Balaban J connectivity index is 0.871. The van der Waals surface area contributed by atoms with Gasteiger partial charge < -0.3 is 60.3 Å². The summed E-state index contributed by atoms with van der Waals surface area (Å²) in [5.41, 5.74) is -1.78. The van der Waals surface area contributed by atoms with E-state index in [2.05, 4.69) is 26.3 Å². The number of benzene rings is 3. The van der Waals surface area contributed by atoms with Crippen LogP contribution in [0.2, 0.25) is 0 Å². The molecule has 0 saturated carbocycles. The Morgan fingerprint density at radius 2 is 1.49 bits per heavy atom. The van der Waals surface area contributed by atoms with Crippen molar-refractivity contribution in [2.24, 2.45) is 10.8 Å². The fraction of sp³-hybridized carbons (Fsp3) is 0.500. The second kappa shape index (κ2) is 26.8. The highest BCUT2D eigenvalue weighted by atomic mass is 32.1. The monoisotopic (exact) mass is 1250 g/mol. The zero-order valence-electron chi connectivity index (χ0n) is 49.2. The first-order valence-corrected chi connectivity index (χ1v) is 31.7. The van der Waals surface area contributed by atoms with Crippen LogP contribution in [0.15, 0.2) is 84.4 Å². The van der Waals surface area contributed by atoms with E-state index in [1.54, 1.807) is 52.0 Å². The van der Waals surface area contributed by atoms with Gasteiger partial charge in [-0.15, -0.1) is 22.7 Å². The van der Waals surface area contributed by atoms with Gasteiger partial charge in [-0.3, -0.25) is 38.1 Å². The number of amides is 7. The van der Waals surface area contributed by atoms with Crippen LogP contribution in [0.3, 0.4) is 0 Å². The largest absolute Gasteiger partial charge is 0.399 e. The van der Waals surface area contributed by atoms with Crippen LogP contribution < -0.4 is 21.3 Å². The van der Waals surface area contributed by atoms with Crippen LogP contribution >= 0.6 is 30.3 Å². The van der Waals surface area contributed by atoms with Crippen molar-refractivity contribution < 1.29 is 71.3 Å². The third-order valence-corrected chi connectivity index (χ3v) is 18.7. The normalized spacial score (nSPS) is 20.5. The number of nitrogens with one attached hydrogen (secondary N) is 4. The molecule has 0 radical (unpaired) electrons. The first-order valence-electron chi connectivity index (χ1n) is 28.4. The molecule has 7 N–H and O–H groups in total. The molecule has 0 bridgehead atoms. The number of thiazole rings is 1. The van der Waals surface area contributed by atoms with Gasteiger partial charge in [0, 0.05) is 55.7 Å². The number of aromatic nitrogens is 1. The van der Waals surface area contributed by atoms with Crippen molar-refractivity contribution in [1.29, 1.82) is 0 Å². The molecular weight excluding hydrogens is 1170 g/mol. The van der Waals surface area contributed by atoms with E-state index in [1.807, 2.05) is 68.4 Å². The number of aryl methyl sites for hydroxylation is 1. The molecule has 3 aliphatic rings. The maximum absolute atomic E-state index is 14.9. The number of hydrogen-bond acceptors (Lipinski definition) is 14. The van der Waals surface area contributed by atoms with Crippen LogP contribution in [-0.4, -0.2) is 158 Å². The number of rotatable bonds is 20. The Hall–Kier alpha value is -6.57. The number of hydrogen-bond donors (Lipinski definition) is 7. The van der Waals surface area contributed by atoms with Gasteiger partial charge in [0.2, 0.25) is 35.4 Å². The predicted molar refractivity (Wildman–Crippen MR) is 319 cm³/mol. The molecule has 0 aliphatic carbocycles. The molecule has 7 amide bonds. The lowest BCUT2D eigenvalue weighted by Gasteiger charge is -2.38. The van der Waals surface area contributed by atoms with Crippen molar-refractivity contribution in [3.05, 3.63) is 112 Å². The second-order valence-electron chi connectivity index (χ2n) is 24.3. The molecule has 8 atom stereocenters. The summed E-state index contributed by atoms with van der Waals surface area (Å²) in [4.78, 5) is 127. The third-order valence-electron chi connectivity index (χ3n) is 15.6. The molecule has 3 saturated heterocycles. The summed E-state index contributed by atoms with van der Waals surface area (Å²) in [6.07, 6.45) is -2.15. The first-order chi connectivity index (χ1) is 40.4. The SMILES string of the molecule is Cc1ncsc1-c1ccc(C(C)NC(=O)[C@@H]2C[C@@H](O)CN2C(=O)C(NC(=O)CCCNC(=O)CO[C@H]2C[C@@H](C(=O)N3CCO[C@H](c4ccccc4)C3)N(C(=O)C(NC(=O)c3cc4cc(C(F)(F)P(=O)(O)O)ccc4s3)C(C)(C)C)C2)C(C)(C)C)cc1. The molecule has 3 fully saturated rings. The van der Waals surface area contributed by atoms with Crippen LogP contribution in [0.25, 0.3) is 20.5 Å². The zero-order valence-corrected chi connectivity index (χ0v) is 51.7. The molecule has 26 heteroatoms. The number of halogens is 2. The van der Waals surface area contributed by atoms with Crippen LogP contribution in [0, 0.1) is 17.8 Å². The van der Waals surface area contributed by atoms with E-state index < -0.39 is 126 Å². The van der Waals surface area contributed by atoms with Gasteiger partial charge in [0.15, 0.2) is 0 Å². The maximum atomic E-state index is 14.9. The molecule has 21 nitrogen and oxygen atoms in total. The molecule has 0 spiro atoms. The van der Waals surface area contributed by atoms with Crippen molar-refractivity contribution >= 4 is 81.7 Å². The van der Waals surface area contributed by atoms with Gasteiger partial charge in [0.1, 0.15) is 36.9 Å². The topological polar surface area (TPSA) is 286 Å². The van der Waals surface area contributed by atoms with E-state index in [4.69, 9.17) is 9.47 Å². The number of carbonyl (C=O) groups is 7. The Kier molecular flexibility index (Phi) is 20.4. The first kappa shape index (κ1) is 65.4. The Labute approximate surface area is 505 Å². The summed E-state index contributed by atoms with van der Waals surface area (Å²) in [7, 11) is -5.88. The van der Waals surface area contributed by atoms with Gasteiger partial charge in [-0.05, 0) is 71.4 Å². The fourth-order valence-corrected chi connectivity index (χ4v) is 13.1. The van der Waals surface area contributed by atoms with Crippen molar-refractivity contribution in [2.45, 2.75) is 135 Å². The minimum Gasteiger partial charge on any atom is -0.391 e. The van der Waals surface area contributed by atoms with Gasteiger partial charge >= 0.3 is 13.3 Å². The molecular formula is C60H75F2N8O13PS2. The lowest BCUT2D eigenvalue weighted by molar-refractivity contribution is -0.150. The van der Waals surface area contributed by atoms with Crippen LogP contribution in [-0.2, 0) is 48.5 Å². The van der Waals surface area contributed by atoms with Gasteiger partial charge in [0.25, 0.3) is 5.91 Å². The molecule has 464 valence electrons. The number of alkyl halides is 2. The Morgan fingerprint density at radius 1 is 0.826 bits per heavy atom. The summed E-state index contributed by atoms with van der Waals surface area (Å²) in [5, 5.41) is 22.2. The number of carbonyl (C=O) groups excluding carboxylic acids is 7. The smallest absolute Gasteiger partial charge is 0.391 e. The minimum absolute atomic E-state index is 0.00810. The lowest BCUT2D eigenvalue weighted by Crippen LogP contribution is -2.58. The van der Waals surface area contributed by atoms with E-state index in [1.165, 1.54) is 33.3 Å². The second-order valence-corrected chi connectivity index (χ2v) is 27.9. The molecule has 5 heterocycles. The number of aliphatic hydroxyl groups excluding tert-OH is 1. The number of aliphatic hydroxyl groups is 1. The number of fused-ring (bicyclic) bond motifs is 1. The number of β-amino-alcohol motifs (C(OH)–C–C–N with tert-alkyl or cyclic N) is 1. The molecule has 2 aromatic heterocycles. The number of nitrogens with zero attached hydrogens (tertiary/aromatic N) is 4. The summed E-state index contributed by atoms with van der Waals surface area (Å²) in [6, 6.07) is 16.6. The number of ether oxygens (including phenoxy) is 2. The van der Waals surface area contributed by atoms with Gasteiger partial charge in [0.05, 0.1) is 52.4 Å². The van der Waals surface area contributed by atoms with E-state index >= 15 is 0 Å². The van der Waals surface area contributed by atoms with E-state index in [9.17, 15) is 61.8 Å². The summed E-state index contributed by atoms with van der Waals surface area (Å²) < 4.78 is 53.4. The molecule has 8 rings (SSSR count). The third kappa shape index (κ3) is 15.4. The quantitative estimate of drug-likeness (QED) is 0.0321. The lowest BCUT2D eigenvalue weighted by atomic mass is 9.85. The molecule has 3 aliphatic heterocycles. The number of thiophene rings is 1. The predicted octanol–water partition coefficient (Wildman–Crippen LogP) is 6.56. The molecule has 5 aromatic rings. The highest BCUT2D eigenvalue weighted by Crippen LogP contribution is 2.59. The van der Waals surface area contributed by atoms with Crippen molar-refractivity contribution in [1.82, 2.24) is 41.0 Å². The van der Waals surface area contributed by atoms with Crippen LogP contribution in [0.4, 0.5) is 8.78 Å². The molecule has 3 aromatic carbocycles. The zero-order chi connectivity index (χ0) is 62.6. The highest BCUT2D eigenvalue weighted by molar-refractivity contribution is 7.52. The highest BCUT2D eigenvalue weighted by Gasteiger charge is 2.51. The summed E-state index contributed by atoms with van der Waals surface area (Å²) in [6.45, 7) is 14.2. The van der Waals surface area contributed by atoms with E-state index in [0.29, 0.717) is 4.70 Å². The summed E-state index contributed by atoms with van der Waals surface area (Å²) in [5.74, 6) is -3.74.